The zero-order chi connectivity index (χ0) is 18.7. The zero-order valence-corrected chi connectivity index (χ0v) is 15.5. The van der Waals surface area contributed by atoms with Crippen LogP contribution < -0.4 is 10.7 Å². The van der Waals surface area contributed by atoms with Crippen LogP contribution in [0.3, 0.4) is 0 Å². The zero-order valence-electron chi connectivity index (χ0n) is 13.9. The third-order valence-electron chi connectivity index (χ3n) is 4.52. The van der Waals surface area contributed by atoms with Gasteiger partial charge < -0.3 is 10.1 Å². The second-order valence-electron chi connectivity index (χ2n) is 6.33. The first kappa shape index (κ1) is 18.4. The van der Waals surface area contributed by atoms with Gasteiger partial charge in [-0.2, -0.15) is 5.01 Å². The second kappa shape index (κ2) is 7.45. The number of nitrogens with zero attached hydrogens (tertiary/aromatic N) is 1. The average molecular weight is 424 g/mol. The fraction of sp³-hybridized carbons (Fsp3) is 0.412. The highest BCUT2D eigenvalue weighted by Crippen LogP contribution is 2.32. The highest BCUT2D eigenvalue weighted by Gasteiger charge is 2.52. The van der Waals surface area contributed by atoms with Crippen molar-refractivity contribution in [1.82, 2.24) is 15.8 Å². The van der Waals surface area contributed by atoms with Crippen molar-refractivity contribution in [2.75, 3.05) is 6.61 Å². The summed E-state index contributed by atoms with van der Waals surface area (Å²) < 4.78 is 5.72. The van der Waals surface area contributed by atoms with E-state index in [-0.39, 0.29) is 5.56 Å². The van der Waals surface area contributed by atoms with E-state index in [1.165, 1.54) is 0 Å². The summed E-state index contributed by atoms with van der Waals surface area (Å²) in [4.78, 5) is 48.5. The molecule has 1 aromatic rings. The van der Waals surface area contributed by atoms with Gasteiger partial charge in [0.2, 0.25) is 0 Å². The number of hydrogen-bond acceptors (Lipinski definition) is 5. The predicted octanol–water partition coefficient (Wildman–Crippen LogP) is 1.89. The number of rotatable bonds is 4. The summed E-state index contributed by atoms with van der Waals surface area (Å²) in [6, 6.07) is 5.79. The van der Waals surface area contributed by atoms with E-state index in [9.17, 15) is 19.2 Å². The van der Waals surface area contributed by atoms with Gasteiger partial charge in [-0.05, 0) is 37.1 Å². The van der Waals surface area contributed by atoms with Gasteiger partial charge in [-0.15, -0.1) is 0 Å². The summed E-state index contributed by atoms with van der Waals surface area (Å²) >= 11 is 3.26. The van der Waals surface area contributed by atoms with Gasteiger partial charge in [0.05, 0.1) is 5.56 Å². The largest absolute Gasteiger partial charge is 0.452 e. The molecule has 1 aromatic carbocycles. The van der Waals surface area contributed by atoms with Crippen LogP contribution in [-0.2, 0) is 14.3 Å². The Labute approximate surface area is 158 Å². The smallest absolute Gasteiger partial charge is 0.344 e. The fourth-order valence-electron chi connectivity index (χ4n) is 3.17. The van der Waals surface area contributed by atoms with Crippen molar-refractivity contribution in [3.63, 3.8) is 0 Å². The van der Waals surface area contributed by atoms with Crippen molar-refractivity contribution in [3.05, 3.63) is 34.3 Å². The molecule has 3 rings (SSSR count). The number of imide groups is 1. The molecule has 1 aliphatic heterocycles. The molecule has 0 radical (unpaired) electrons. The molecule has 2 N–H and O–H groups in total. The van der Waals surface area contributed by atoms with E-state index in [1.54, 1.807) is 24.3 Å². The highest BCUT2D eigenvalue weighted by molar-refractivity contribution is 9.10. The number of esters is 1. The van der Waals surface area contributed by atoms with Crippen LogP contribution in [0.1, 0.15) is 42.5 Å². The maximum absolute atomic E-state index is 12.5. The number of hydrogen-bond donors (Lipinski definition) is 2. The molecule has 1 spiro atoms. The molecule has 1 heterocycles. The molecule has 138 valence electrons. The van der Waals surface area contributed by atoms with Gasteiger partial charge in [0.1, 0.15) is 5.54 Å². The van der Waals surface area contributed by atoms with Crippen LogP contribution in [0.2, 0.25) is 0 Å². The van der Waals surface area contributed by atoms with Crippen molar-refractivity contribution in [3.8, 4) is 0 Å². The number of carbonyl (C=O) groups excluding carboxylic acids is 4. The molecule has 2 aliphatic rings. The van der Waals surface area contributed by atoms with E-state index >= 15 is 0 Å². The monoisotopic (exact) mass is 423 g/mol. The van der Waals surface area contributed by atoms with Crippen LogP contribution in [0.15, 0.2) is 28.7 Å². The lowest BCUT2D eigenvalue weighted by Gasteiger charge is -2.30. The Bertz CT molecular complexity index is 743. The van der Waals surface area contributed by atoms with Crippen LogP contribution in [0.25, 0.3) is 0 Å². The van der Waals surface area contributed by atoms with Crippen molar-refractivity contribution in [2.24, 2.45) is 0 Å². The topological polar surface area (TPSA) is 105 Å². The lowest BCUT2D eigenvalue weighted by atomic mass is 9.82. The summed E-state index contributed by atoms with van der Waals surface area (Å²) in [5.41, 5.74) is 1.58. The minimum absolute atomic E-state index is 0.289. The van der Waals surface area contributed by atoms with E-state index < -0.39 is 36.0 Å². The van der Waals surface area contributed by atoms with E-state index in [1.807, 2.05) is 0 Å². The molecule has 0 atom stereocenters. The van der Waals surface area contributed by atoms with Crippen molar-refractivity contribution < 1.29 is 23.9 Å². The lowest BCUT2D eigenvalue weighted by molar-refractivity contribution is -0.140. The third-order valence-corrected chi connectivity index (χ3v) is 5.05. The summed E-state index contributed by atoms with van der Waals surface area (Å²) in [6.45, 7) is -0.598. The molecule has 1 aliphatic carbocycles. The molecular weight excluding hydrogens is 406 g/mol. The third kappa shape index (κ3) is 3.72. The Morgan fingerprint density at radius 2 is 1.81 bits per heavy atom. The van der Waals surface area contributed by atoms with Crippen LogP contribution in [0.5, 0.6) is 0 Å². The number of carbonyl (C=O) groups is 4. The van der Waals surface area contributed by atoms with Gasteiger partial charge in [0, 0.05) is 4.47 Å². The quantitative estimate of drug-likeness (QED) is 0.568. The number of ether oxygens (including phenoxy) is 1. The van der Waals surface area contributed by atoms with Crippen molar-refractivity contribution >= 4 is 39.7 Å². The molecule has 0 bridgehead atoms. The molecule has 9 heteroatoms. The SMILES string of the molecule is O=C(COC(=O)c1ccc(Br)cc1)NN1C(=O)NC2(CCCCC2)C1=O. The number of nitrogens with one attached hydrogen (secondary N) is 2. The summed E-state index contributed by atoms with van der Waals surface area (Å²) in [5, 5.41) is 3.36. The molecule has 4 amide bonds. The Morgan fingerprint density at radius 1 is 1.15 bits per heavy atom. The first-order chi connectivity index (χ1) is 12.4. The van der Waals surface area contributed by atoms with Gasteiger partial charge in [-0.25, -0.2) is 9.59 Å². The van der Waals surface area contributed by atoms with Crippen LogP contribution in [0.4, 0.5) is 4.79 Å². The Kier molecular flexibility index (Phi) is 5.26. The normalized spacial score (nSPS) is 18.6. The van der Waals surface area contributed by atoms with Crippen LogP contribution in [0, 0.1) is 0 Å². The van der Waals surface area contributed by atoms with Crippen LogP contribution >= 0.6 is 15.9 Å². The Hall–Kier alpha value is -2.42. The van der Waals surface area contributed by atoms with E-state index in [0.717, 1.165) is 23.7 Å². The highest BCUT2D eigenvalue weighted by atomic mass is 79.9. The van der Waals surface area contributed by atoms with Gasteiger partial charge >= 0.3 is 12.0 Å². The molecule has 0 aromatic heterocycles. The number of benzene rings is 1. The van der Waals surface area contributed by atoms with E-state index in [0.29, 0.717) is 17.9 Å². The van der Waals surface area contributed by atoms with Crippen molar-refractivity contribution in [2.45, 2.75) is 37.6 Å². The molecular formula is C17H18BrN3O5. The summed E-state index contributed by atoms with van der Waals surface area (Å²) in [7, 11) is 0. The predicted molar refractivity (Wildman–Crippen MR) is 93.8 cm³/mol. The Morgan fingerprint density at radius 3 is 2.46 bits per heavy atom. The molecule has 1 saturated carbocycles. The minimum atomic E-state index is -0.920. The maximum Gasteiger partial charge on any atom is 0.344 e. The summed E-state index contributed by atoms with van der Waals surface area (Å²) in [5.74, 6) is -1.89. The maximum atomic E-state index is 12.5. The van der Waals surface area contributed by atoms with Gasteiger partial charge in [-0.3, -0.25) is 15.0 Å². The number of hydrazine groups is 1. The Balaban J connectivity index is 1.54. The number of halogens is 1. The molecule has 2 fully saturated rings. The van der Waals surface area contributed by atoms with Gasteiger partial charge in [0.15, 0.2) is 6.61 Å². The van der Waals surface area contributed by atoms with Gasteiger partial charge in [0.25, 0.3) is 11.8 Å². The molecule has 1 saturated heterocycles. The number of amides is 4. The first-order valence-electron chi connectivity index (χ1n) is 8.30. The average Bonchev–Trinajstić information content (AvgIpc) is 2.85. The van der Waals surface area contributed by atoms with E-state index in [2.05, 4.69) is 26.7 Å². The molecule has 0 unspecified atom stereocenters. The number of urea groups is 1. The van der Waals surface area contributed by atoms with Crippen molar-refractivity contribution in [1.29, 1.82) is 0 Å². The molecule has 8 nitrogen and oxygen atoms in total. The standard InChI is InChI=1S/C17H18BrN3O5/c18-12-6-4-11(5-7-12)14(23)26-10-13(22)20-21-15(24)17(19-16(21)25)8-2-1-3-9-17/h4-7H,1-3,8-10H2,(H,19,25)(H,20,22). The molecule has 26 heavy (non-hydrogen) atoms. The minimum Gasteiger partial charge on any atom is -0.452 e. The fourth-order valence-corrected chi connectivity index (χ4v) is 3.44. The summed E-state index contributed by atoms with van der Waals surface area (Å²) in [6.07, 6.45) is 3.82. The lowest BCUT2D eigenvalue weighted by Crippen LogP contribution is -2.51. The van der Waals surface area contributed by atoms with Gasteiger partial charge in [-0.1, -0.05) is 35.2 Å². The van der Waals surface area contributed by atoms with E-state index in [4.69, 9.17) is 4.74 Å². The van der Waals surface area contributed by atoms with Crippen LogP contribution in [-0.4, -0.2) is 41.0 Å². The second-order valence-corrected chi connectivity index (χ2v) is 7.25. The first-order valence-corrected chi connectivity index (χ1v) is 9.09.